The molecule has 1 aliphatic carbocycles. The second-order valence-corrected chi connectivity index (χ2v) is 5.78. The van der Waals surface area contributed by atoms with Gasteiger partial charge in [-0.25, -0.2) is 4.79 Å². The van der Waals surface area contributed by atoms with E-state index in [1.807, 2.05) is 13.8 Å². The number of aryl methyl sites for hydroxylation is 1. The quantitative estimate of drug-likeness (QED) is 0.878. The average molecular weight is 279 g/mol. The minimum Gasteiger partial charge on any atom is -0.480 e. The van der Waals surface area contributed by atoms with E-state index in [2.05, 4.69) is 10.4 Å². The number of hydrogen-bond donors (Lipinski definition) is 2. The lowest BCUT2D eigenvalue weighted by Crippen LogP contribution is -2.52. The first kappa shape index (κ1) is 14.6. The van der Waals surface area contributed by atoms with E-state index in [-0.39, 0.29) is 11.6 Å². The third kappa shape index (κ3) is 2.55. The van der Waals surface area contributed by atoms with E-state index in [0.717, 1.165) is 18.5 Å². The van der Waals surface area contributed by atoms with Crippen molar-refractivity contribution in [2.24, 2.45) is 7.05 Å². The highest BCUT2D eigenvalue weighted by molar-refractivity contribution is 5.96. The monoisotopic (exact) mass is 279 g/mol. The van der Waals surface area contributed by atoms with Crippen LogP contribution >= 0.6 is 0 Å². The Morgan fingerprint density at radius 2 is 2.00 bits per heavy atom. The first-order chi connectivity index (χ1) is 9.35. The maximum atomic E-state index is 12.2. The molecule has 0 aromatic carbocycles. The fourth-order valence-corrected chi connectivity index (χ4v) is 2.79. The number of carbonyl (C=O) groups excluding carboxylic acids is 1. The van der Waals surface area contributed by atoms with Crippen molar-refractivity contribution in [1.29, 1.82) is 0 Å². The predicted molar refractivity (Wildman–Crippen MR) is 73.6 cm³/mol. The minimum atomic E-state index is -1.12. The lowest BCUT2D eigenvalue weighted by Gasteiger charge is -2.24. The molecule has 20 heavy (non-hydrogen) atoms. The Labute approximate surface area is 118 Å². The number of hydrogen-bond acceptors (Lipinski definition) is 3. The van der Waals surface area contributed by atoms with Crippen LogP contribution in [0.3, 0.4) is 0 Å². The van der Waals surface area contributed by atoms with Gasteiger partial charge in [0.25, 0.3) is 5.91 Å². The van der Waals surface area contributed by atoms with E-state index in [4.69, 9.17) is 0 Å². The average Bonchev–Trinajstić information content (AvgIpc) is 2.96. The van der Waals surface area contributed by atoms with Gasteiger partial charge in [-0.05, 0) is 24.8 Å². The summed E-state index contributed by atoms with van der Waals surface area (Å²) in [4.78, 5) is 23.7. The van der Waals surface area contributed by atoms with Crippen LogP contribution in [0, 0.1) is 0 Å². The molecule has 1 aromatic rings. The standard InChI is InChI=1S/C14H21N3O3/c1-9(2)11-8-10(16-17(11)3)12(18)15-14(13(19)20)6-4-5-7-14/h8-9H,4-7H2,1-3H3,(H,15,18)(H,19,20). The number of carboxylic acid groups (broad SMARTS) is 1. The molecule has 1 amide bonds. The van der Waals surface area contributed by atoms with Crippen molar-refractivity contribution >= 4 is 11.9 Å². The number of rotatable bonds is 4. The van der Waals surface area contributed by atoms with Crippen LogP contribution in [0.5, 0.6) is 0 Å². The molecule has 2 rings (SSSR count). The molecule has 1 saturated carbocycles. The highest BCUT2D eigenvalue weighted by atomic mass is 16.4. The summed E-state index contributed by atoms with van der Waals surface area (Å²) in [6.07, 6.45) is 2.62. The summed E-state index contributed by atoms with van der Waals surface area (Å²) in [7, 11) is 1.79. The zero-order valence-corrected chi connectivity index (χ0v) is 12.1. The van der Waals surface area contributed by atoms with E-state index >= 15 is 0 Å². The number of carbonyl (C=O) groups is 2. The van der Waals surface area contributed by atoms with Gasteiger partial charge in [-0.2, -0.15) is 5.10 Å². The molecule has 1 fully saturated rings. The molecule has 0 atom stereocenters. The fraction of sp³-hybridized carbons (Fsp3) is 0.643. The van der Waals surface area contributed by atoms with Gasteiger partial charge in [0.15, 0.2) is 0 Å². The maximum absolute atomic E-state index is 12.2. The summed E-state index contributed by atoms with van der Waals surface area (Å²) in [5.74, 6) is -1.10. The molecule has 6 heteroatoms. The van der Waals surface area contributed by atoms with Gasteiger partial charge in [0.05, 0.1) is 0 Å². The van der Waals surface area contributed by atoms with Crippen molar-refractivity contribution in [3.05, 3.63) is 17.5 Å². The molecule has 6 nitrogen and oxygen atoms in total. The molecule has 110 valence electrons. The second-order valence-electron chi connectivity index (χ2n) is 5.78. The predicted octanol–water partition coefficient (Wildman–Crippen LogP) is 1.67. The Kier molecular flexibility index (Phi) is 3.83. The molecule has 0 bridgehead atoms. The van der Waals surface area contributed by atoms with Crippen LogP contribution in [0.15, 0.2) is 6.07 Å². The number of aromatic nitrogens is 2. The van der Waals surface area contributed by atoms with Crippen LogP contribution in [0.4, 0.5) is 0 Å². The summed E-state index contributed by atoms with van der Waals surface area (Å²) in [6.45, 7) is 4.04. The SMILES string of the molecule is CC(C)c1cc(C(=O)NC2(C(=O)O)CCCC2)nn1C. The van der Waals surface area contributed by atoms with Crippen LogP contribution in [0.25, 0.3) is 0 Å². The van der Waals surface area contributed by atoms with Gasteiger partial charge in [-0.1, -0.05) is 26.7 Å². The van der Waals surface area contributed by atoms with E-state index < -0.39 is 17.4 Å². The Bertz CT molecular complexity index is 528. The van der Waals surface area contributed by atoms with Crippen molar-refractivity contribution in [3.8, 4) is 0 Å². The topological polar surface area (TPSA) is 84.2 Å². The summed E-state index contributed by atoms with van der Waals surface area (Å²) in [6, 6.07) is 1.73. The summed E-state index contributed by atoms with van der Waals surface area (Å²) in [5, 5.41) is 16.2. The molecule has 1 heterocycles. The fourth-order valence-electron chi connectivity index (χ4n) is 2.79. The third-order valence-corrected chi connectivity index (χ3v) is 3.96. The van der Waals surface area contributed by atoms with Crippen molar-refractivity contribution in [3.63, 3.8) is 0 Å². The number of carboxylic acids is 1. The van der Waals surface area contributed by atoms with E-state index in [9.17, 15) is 14.7 Å². The lowest BCUT2D eigenvalue weighted by molar-refractivity contribution is -0.144. The van der Waals surface area contributed by atoms with Crippen molar-refractivity contribution in [2.45, 2.75) is 51.0 Å². The van der Waals surface area contributed by atoms with Crippen molar-refractivity contribution < 1.29 is 14.7 Å². The van der Waals surface area contributed by atoms with E-state index in [0.29, 0.717) is 12.8 Å². The first-order valence-corrected chi connectivity index (χ1v) is 6.95. The van der Waals surface area contributed by atoms with Crippen molar-refractivity contribution in [1.82, 2.24) is 15.1 Å². The van der Waals surface area contributed by atoms with Crippen LogP contribution < -0.4 is 5.32 Å². The van der Waals surface area contributed by atoms with Gasteiger partial charge in [0.2, 0.25) is 0 Å². The normalized spacial score (nSPS) is 17.4. The van der Waals surface area contributed by atoms with Crippen molar-refractivity contribution in [2.75, 3.05) is 0 Å². The molecule has 0 unspecified atom stereocenters. The zero-order chi connectivity index (χ0) is 14.9. The molecule has 1 aromatic heterocycles. The number of nitrogens with one attached hydrogen (secondary N) is 1. The van der Waals surface area contributed by atoms with Crippen LogP contribution in [-0.4, -0.2) is 32.3 Å². The Morgan fingerprint density at radius 3 is 2.45 bits per heavy atom. The van der Waals surface area contributed by atoms with Gasteiger partial charge in [-0.15, -0.1) is 0 Å². The van der Waals surface area contributed by atoms with E-state index in [1.54, 1.807) is 17.8 Å². The summed E-state index contributed by atoms with van der Waals surface area (Å²) < 4.78 is 1.67. The maximum Gasteiger partial charge on any atom is 0.329 e. The molecule has 1 aliphatic rings. The number of nitrogens with zero attached hydrogens (tertiary/aromatic N) is 2. The van der Waals surface area contributed by atoms with E-state index in [1.165, 1.54) is 0 Å². The Morgan fingerprint density at radius 1 is 1.40 bits per heavy atom. The summed E-state index contributed by atoms with van der Waals surface area (Å²) in [5.41, 5.74) is 0.113. The summed E-state index contributed by atoms with van der Waals surface area (Å²) >= 11 is 0. The smallest absolute Gasteiger partial charge is 0.329 e. The second kappa shape index (κ2) is 5.26. The highest BCUT2D eigenvalue weighted by Gasteiger charge is 2.43. The van der Waals surface area contributed by atoms with Gasteiger partial charge in [0.1, 0.15) is 11.2 Å². The molecule has 0 spiro atoms. The molecule has 0 radical (unpaired) electrons. The highest BCUT2D eigenvalue weighted by Crippen LogP contribution is 2.30. The van der Waals surface area contributed by atoms with Crippen LogP contribution in [-0.2, 0) is 11.8 Å². The molecular formula is C14H21N3O3. The number of amides is 1. The van der Waals surface area contributed by atoms with Crippen LogP contribution in [0.1, 0.15) is 61.6 Å². The lowest BCUT2D eigenvalue weighted by atomic mass is 9.97. The van der Waals surface area contributed by atoms with Gasteiger partial charge in [0, 0.05) is 12.7 Å². The Balaban J connectivity index is 2.19. The largest absolute Gasteiger partial charge is 0.480 e. The van der Waals surface area contributed by atoms with Crippen LogP contribution in [0.2, 0.25) is 0 Å². The third-order valence-electron chi connectivity index (χ3n) is 3.96. The van der Waals surface area contributed by atoms with Gasteiger partial charge < -0.3 is 10.4 Å². The minimum absolute atomic E-state index is 0.258. The zero-order valence-electron chi connectivity index (χ0n) is 12.1. The molecule has 0 aliphatic heterocycles. The number of aliphatic carboxylic acids is 1. The first-order valence-electron chi connectivity index (χ1n) is 6.95. The molecular weight excluding hydrogens is 258 g/mol. The molecule has 0 saturated heterocycles. The Hall–Kier alpha value is -1.85. The van der Waals surface area contributed by atoms with Gasteiger partial charge >= 0.3 is 5.97 Å². The van der Waals surface area contributed by atoms with Gasteiger partial charge in [-0.3, -0.25) is 9.48 Å². The molecule has 2 N–H and O–H groups in total.